The van der Waals surface area contributed by atoms with Crippen LogP contribution in [0.5, 0.6) is 0 Å². The van der Waals surface area contributed by atoms with E-state index >= 15 is 0 Å². The number of aliphatic hydroxyl groups is 1. The second-order valence-corrected chi connectivity index (χ2v) is 22.5. The van der Waals surface area contributed by atoms with Gasteiger partial charge in [-0.3, -0.25) is 33.7 Å². The van der Waals surface area contributed by atoms with Gasteiger partial charge >= 0.3 is 12.1 Å². The molecule has 2 aromatic carbocycles. The minimum Gasteiger partial charge on any atom is -0.445 e. The third-order valence-corrected chi connectivity index (χ3v) is 15.7. The van der Waals surface area contributed by atoms with Crippen molar-refractivity contribution >= 4 is 53.3 Å². The Morgan fingerprint density at radius 1 is 0.750 bits per heavy atom. The van der Waals surface area contributed by atoms with E-state index in [2.05, 4.69) is 26.6 Å². The first kappa shape index (κ1) is 68.0. The molecule has 0 spiro atoms. The zero-order valence-electron chi connectivity index (χ0n) is 50.1. The number of urea groups is 1. The number of carbonyl (C=O) groups excluding carboxylic acids is 8. The Labute approximate surface area is 474 Å². The van der Waals surface area contributed by atoms with E-state index in [1.807, 2.05) is 59.7 Å². The maximum atomic E-state index is 14.7. The minimum absolute atomic E-state index is 0.0484. The summed E-state index contributed by atoms with van der Waals surface area (Å²) in [5.74, 6) is -4.12. The van der Waals surface area contributed by atoms with Crippen LogP contribution in [0.2, 0.25) is 0 Å². The second kappa shape index (κ2) is 32.8. The van der Waals surface area contributed by atoms with E-state index in [0.29, 0.717) is 49.0 Å². The molecule has 448 valence electrons. The van der Waals surface area contributed by atoms with Crippen LogP contribution in [0.25, 0.3) is 0 Å². The van der Waals surface area contributed by atoms with Crippen molar-refractivity contribution in [2.45, 2.75) is 176 Å². The van der Waals surface area contributed by atoms with Crippen molar-refractivity contribution in [3.63, 3.8) is 0 Å². The zero-order chi connectivity index (χ0) is 60.1. The van der Waals surface area contributed by atoms with Crippen LogP contribution in [0.15, 0.2) is 54.6 Å². The van der Waals surface area contributed by atoms with Crippen LogP contribution in [-0.2, 0) is 49.6 Å². The van der Waals surface area contributed by atoms with Crippen LogP contribution < -0.4 is 32.3 Å². The Bertz CT molecular complexity index is 2320. The quantitative estimate of drug-likeness (QED) is 0.0445. The summed E-state index contributed by atoms with van der Waals surface area (Å²) in [5.41, 5.74) is 6.87. The summed E-state index contributed by atoms with van der Waals surface area (Å²) in [6, 6.07) is 10.4. The normalized spacial score (nSPS) is 17.6. The number of ether oxygens (including phenoxy) is 3. The van der Waals surface area contributed by atoms with Gasteiger partial charge in [0.15, 0.2) is 0 Å². The van der Waals surface area contributed by atoms with Crippen LogP contribution in [0.1, 0.15) is 132 Å². The fraction of sp³-hybridized carbons (Fsp3) is 0.661. The molecule has 80 heavy (non-hydrogen) atoms. The van der Waals surface area contributed by atoms with Gasteiger partial charge in [-0.2, -0.15) is 0 Å². The number of anilines is 1. The number of carbonyl (C=O) groups is 8. The maximum absolute atomic E-state index is 14.7. The van der Waals surface area contributed by atoms with E-state index < -0.39 is 102 Å². The number of benzene rings is 2. The molecule has 0 aromatic heterocycles. The molecule has 0 radical (unpaired) electrons. The maximum Gasteiger partial charge on any atom is 0.410 e. The number of hydrogen-bond acceptors (Lipinski definition) is 12. The lowest BCUT2D eigenvalue weighted by Crippen LogP contribution is -2.60. The van der Waals surface area contributed by atoms with Gasteiger partial charge in [0, 0.05) is 53.0 Å². The number of hydrogen-bond donors (Lipinski definition) is 7. The lowest BCUT2D eigenvalue weighted by atomic mass is 9.89. The summed E-state index contributed by atoms with van der Waals surface area (Å²) < 4.78 is 17.7. The summed E-state index contributed by atoms with van der Waals surface area (Å²) in [4.78, 5) is 113. The molecule has 2 aromatic rings. The first-order chi connectivity index (χ1) is 37.7. The van der Waals surface area contributed by atoms with Crippen LogP contribution >= 0.6 is 0 Å². The van der Waals surface area contributed by atoms with Gasteiger partial charge in [0.2, 0.25) is 35.4 Å². The van der Waals surface area contributed by atoms with Crippen molar-refractivity contribution in [2.75, 3.05) is 46.7 Å². The first-order valence-electron chi connectivity index (χ1n) is 28.3. The number of likely N-dealkylation sites (tertiary alicyclic amines) is 1. The molecule has 1 aliphatic heterocycles. The second-order valence-electron chi connectivity index (χ2n) is 22.5. The summed E-state index contributed by atoms with van der Waals surface area (Å²) >= 11 is 0. The number of nitrogens with zero attached hydrogens (tertiary/aromatic N) is 3. The SMILES string of the molecule is CC[C@H](C)[C@@H]([C@H](CC(=O)N1CCC[C@H]1[C@H](OC)[C@@H](C)C(=O)N[C@@H](C)[C@H](O)c1ccccc1)OC)N(C)C(=O)[C@@H](NC(=O)[C@H](C(C)C)N(C)C(=O)OCc1ccc(NC(=O)[C@H](CCCNC(N)=O)NC(=O)[C@@H](C)C(C)C)cc1)C(C)C. The summed E-state index contributed by atoms with van der Waals surface area (Å²) in [7, 11) is 6.14. The average molecular weight is 1120 g/mol. The van der Waals surface area contributed by atoms with Gasteiger partial charge in [-0.15, -0.1) is 0 Å². The molecule has 21 nitrogen and oxygen atoms in total. The molecule has 9 amide bonds. The van der Waals surface area contributed by atoms with Crippen LogP contribution in [0, 0.1) is 35.5 Å². The Morgan fingerprint density at radius 3 is 1.93 bits per heavy atom. The molecule has 1 saturated heterocycles. The Hall–Kier alpha value is -6.32. The number of likely N-dealkylation sites (N-methyl/N-ethyl adjacent to an activating group) is 2. The van der Waals surface area contributed by atoms with E-state index in [0.717, 1.165) is 0 Å². The lowest BCUT2D eigenvalue weighted by Gasteiger charge is -2.41. The van der Waals surface area contributed by atoms with E-state index in [-0.39, 0.29) is 61.5 Å². The molecule has 21 heteroatoms. The zero-order valence-corrected chi connectivity index (χ0v) is 50.1. The van der Waals surface area contributed by atoms with Crippen molar-refractivity contribution in [3.05, 3.63) is 65.7 Å². The molecular weight excluding hydrogens is 1030 g/mol. The minimum atomic E-state index is -1.04. The molecule has 0 aliphatic carbocycles. The highest BCUT2D eigenvalue weighted by atomic mass is 16.6. The number of aliphatic hydroxyl groups excluding tert-OH is 1. The summed E-state index contributed by atoms with van der Waals surface area (Å²) in [5, 5.41) is 25.0. The predicted octanol–water partition coefficient (Wildman–Crippen LogP) is 5.74. The molecule has 12 atom stereocenters. The summed E-state index contributed by atoms with van der Waals surface area (Å²) in [6.45, 7) is 20.8. The predicted molar refractivity (Wildman–Crippen MR) is 306 cm³/mol. The van der Waals surface area contributed by atoms with Crippen molar-refractivity contribution < 1.29 is 57.7 Å². The van der Waals surface area contributed by atoms with Crippen molar-refractivity contribution in [2.24, 2.45) is 41.2 Å². The van der Waals surface area contributed by atoms with Crippen molar-refractivity contribution in [1.29, 1.82) is 0 Å². The van der Waals surface area contributed by atoms with Gasteiger partial charge in [-0.1, -0.05) is 118 Å². The molecule has 0 bridgehead atoms. The Balaban J connectivity index is 1.70. The highest BCUT2D eigenvalue weighted by Gasteiger charge is 2.44. The monoisotopic (exact) mass is 1120 g/mol. The van der Waals surface area contributed by atoms with Crippen LogP contribution in [-0.4, -0.2) is 157 Å². The first-order valence-corrected chi connectivity index (χ1v) is 28.3. The molecule has 3 rings (SSSR count). The van der Waals surface area contributed by atoms with Crippen molar-refractivity contribution in [1.82, 2.24) is 36.0 Å². The number of primary amides is 1. The van der Waals surface area contributed by atoms with Gasteiger partial charge in [0.05, 0.1) is 48.8 Å². The number of nitrogens with one attached hydrogen (secondary N) is 5. The smallest absolute Gasteiger partial charge is 0.410 e. The third-order valence-electron chi connectivity index (χ3n) is 15.7. The van der Waals surface area contributed by atoms with Gasteiger partial charge in [0.25, 0.3) is 0 Å². The van der Waals surface area contributed by atoms with Crippen LogP contribution in [0.4, 0.5) is 15.3 Å². The molecule has 1 fully saturated rings. The number of rotatable bonds is 31. The standard InChI is InChI=1S/C59H95N9O12/c1-16-37(8)50(46(78-14)32-47(69)68-31-21-25-45(68)52(79-15)39(10)54(72)62-40(11)51(70)42-22-18-17-19-23-42)66(12)57(75)48(35(4)5)65-56(74)49(36(6)7)67(13)59(77)80-33-41-26-28-43(29-27-41)63-55(73)44(24-20-30-61-58(60)76)64-53(71)38(9)34(2)3/h17-19,22-23,26-29,34-40,44-46,48-52,70H,16,20-21,24-25,30-33H2,1-15H3,(H,62,72)(H,63,73)(H,64,71)(H,65,74)(H3,60,61,76)/t37-,38-,39+,40-,44-,45-,46-,48-,49-,50-,51-,52+/m0/s1. The molecular formula is C59H95N9O12. The van der Waals surface area contributed by atoms with Crippen LogP contribution in [0.3, 0.4) is 0 Å². The van der Waals surface area contributed by atoms with E-state index in [1.54, 1.807) is 87.9 Å². The molecule has 1 heterocycles. The van der Waals surface area contributed by atoms with Gasteiger partial charge in [0.1, 0.15) is 24.7 Å². The number of methoxy groups -OCH3 is 2. The molecule has 0 saturated carbocycles. The van der Waals surface area contributed by atoms with Gasteiger partial charge in [-0.25, -0.2) is 9.59 Å². The van der Waals surface area contributed by atoms with Gasteiger partial charge in [-0.05, 0) is 79.5 Å². The number of amides is 9. The Morgan fingerprint density at radius 2 is 1.38 bits per heavy atom. The largest absolute Gasteiger partial charge is 0.445 e. The molecule has 1 aliphatic rings. The highest BCUT2D eigenvalue weighted by molar-refractivity contribution is 5.97. The molecule has 0 unspecified atom stereocenters. The number of nitrogens with two attached hydrogens (primary N) is 1. The fourth-order valence-corrected chi connectivity index (χ4v) is 10.2. The highest BCUT2D eigenvalue weighted by Crippen LogP contribution is 2.30. The lowest BCUT2D eigenvalue weighted by molar-refractivity contribution is -0.148. The fourth-order valence-electron chi connectivity index (χ4n) is 10.2. The summed E-state index contributed by atoms with van der Waals surface area (Å²) in [6.07, 6.45) is -0.609. The molecule has 8 N–H and O–H groups in total. The van der Waals surface area contributed by atoms with E-state index in [4.69, 9.17) is 19.9 Å². The topological polar surface area (TPSA) is 280 Å². The Kier molecular flexibility index (Phi) is 27.9. The average Bonchev–Trinajstić information content (AvgIpc) is 3.91. The van der Waals surface area contributed by atoms with Gasteiger partial charge < -0.3 is 61.4 Å². The van der Waals surface area contributed by atoms with E-state index in [1.165, 1.54) is 26.2 Å². The van der Waals surface area contributed by atoms with E-state index in [9.17, 15) is 43.5 Å². The van der Waals surface area contributed by atoms with Crippen molar-refractivity contribution in [3.8, 4) is 0 Å². The third kappa shape index (κ3) is 19.5.